The van der Waals surface area contributed by atoms with E-state index in [1.54, 1.807) is 35.4 Å². The Morgan fingerprint density at radius 2 is 1.70 bits per heavy atom. The average molecular weight is 854 g/mol. The highest BCUT2D eigenvalue weighted by atomic mass is 35.5. The molecule has 0 aliphatic carbocycles. The van der Waals surface area contributed by atoms with Gasteiger partial charge in [0.2, 0.25) is 5.69 Å². The summed E-state index contributed by atoms with van der Waals surface area (Å²) in [5, 5.41) is 40.4. The molecule has 0 spiro atoms. The molecule has 6 rings (SSSR count). The fourth-order valence-electron chi connectivity index (χ4n) is 6.83. The molecule has 13 nitrogen and oxygen atoms in total. The molecule has 1 atom stereocenters. The molecule has 1 fully saturated rings. The molecule has 3 N–H and O–H groups in total. The number of benzene rings is 3. The van der Waals surface area contributed by atoms with Gasteiger partial charge in [-0.05, 0) is 55.2 Å². The van der Waals surface area contributed by atoms with E-state index in [2.05, 4.69) is 25.8 Å². The van der Waals surface area contributed by atoms with Crippen LogP contribution in [0.3, 0.4) is 0 Å². The Hall–Kier alpha value is -5.48. The van der Waals surface area contributed by atoms with Gasteiger partial charge in [0.25, 0.3) is 0 Å². The number of β-amino-alcohol motifs (C(OH)–C–C–N with tert-alkyl or cyclic N) is 1. The Kier molecular flexibility index (Phi) is 15.9. The van der Waals surface area contributed by atoms with Crippen molar-refractivity contribution in [3.63, 3.8) is 0 Å². The van der Waals surface area contributed by atoms with Crippen LogP contribution in [0.25, 0.3) is 16.0 Å². The highest BCUT2D eigenvalue weighted by Gasteiger charge is 2.23. The standard InChI is InChI=1S/C45H46Cl2N6O7/c1-30-39(7-4-9-42(30)57-13-5-11-52-12-10-37(56)24-52)40-8-3-6-33(45(40)47)28-59-44-17-43(58-27-32-14-31(18-48)19-50-20-32)34(15-41(44)46)23-53(36(25-54)26-55)29-60-38-16-35(49-2)21-51-22-38/h3-4,6-9,14-17,19-22,36-37,54-56H,5,10-13,23-29H2,1H3/t37-/m1/s1. The summed E-state index contributed by atoms with van der Waals surface area (Å²) in [5.41, 5.74) is 5.38. The van der Waals surface area contributed by atoms with Gasteiger partial charge in [0.05, 0.1) is 60.3 Å². The van der Waals surface area contributed by atoms with Crippen LogP contribution < -0.4 is 18.9 Å². The van der Waals surface area contributed by atoms with E-state index in [0.717, 1.165) is 53.9 Å². The van der Waals surface area contributed by atoms with E-state index >= 15 is 0 Å². The monoisotopic (exact) mass is 852 g/mol. The van der Waals surface area contributed by atoms with Crippen molar-refractivity contribution in [3.8, 4) is 40.2 Å². The first-order chi connectivity index (χ1) is 29.2. The Bertz CT molecular complexity index is 2320. The molecule has 5 aromatic rings. The Morgan fingerprint density at radius 3 is 2.47 bits per heavy atom. The number of rotatable bonds is 20. The van der Waals surface area contributed by atoms with Gasteiger partial charge in [-0.15, -0.1) is 0 Å². The molecule has 1 saturated heterocycles. The summed E-state index contributed by atoms with van der Waals surface area (Å²) in [5.74, 6) is 1.83. The van der Waals surface area contributed by atoms with Crippen molar-refractivity contribution in [2.24, 2.45) is 0 Å². The van der Waals surface area contributed by atoms with Crippen molar-refractivity contribution in [1.82, 2.24) is 19.8 Å². The van der Waals surface area contributed by atoms with Gasteiger partial charge in [0, 0.05) is 73.1 Å². The predicted molar refractivity (Wildman–Crippen MR) is 227 cm³/mol. The van der Waals surface area contributed by atoms with Gasteiger partial charge in [-0.2, -0.15) is 5.26 Å². The molecule has 1 aliphatic heterocycles. The lowest BCUT2D eigenvalue weighted by atomic mass is 9.98. The third-order valence-corrected chi connectivity index (χ3v) is 10.9. The van der Waals surface area contributed by atoms with Crippen molar-refractivity contribution in [2.45, 2.75) is 51.7 Å². The smallest absolute Gasteiger partial charge is 0.208 e. The molecule has 3 aromatic carbocycles. The van der Waals surface area contributed by atoms with Crippen LogP contribution in [-0.4, -0.2) is 93.4 Å². The van der Waals surface area contributed by atoms with Crippen molar-refractivity contribution in [2.75, 3.05) is 46.2 Å². The van der Waals surface area contributed by atoms with Gasteiger partial charge in [-0.1, -0.05) is 53.5 Å². The van der Waals surface area contributed by atoms with Crippen molar-refractivity contribution in [1.29, 1.82) is 5.26 Å². The number of nitrogens with zero attached hydrogens (tertiary/aromatic N) is 6. The first-order valence-electron chi connectivity index (χ1n) is 19.4. The Labute approximate surface area is 359 Å². The third kappa shape index (κ3) is 11.6. The number of hydrogen-bond donors (Lipinski definition) is 3. The number of aromatic nitrogens is 2. The van der Waals surface area contributed by atoms with E-state index in [0.29, 0.717) is 57.8 Å². The van der Waals surface area contributed by atoms with E-state index in [1.807, 2.05) is 43.3 Å². The van der Waals surface area contributed by atoms with Crippen molar-refractivity contribution >= 4 is 28.9 Å². The molecule has 1 aliphatic rings. The van der Waals surface area contributed by atoms with Crippen LogP contribution in [0, 0.1) is 24.8 Å². The molecule has 0 bridgehead atoms. The minimum atomic E-state index is -0.720. The molecule has 3 heterocycles. The number of halogens is 2. The minimum Gasteiger partial charge on any atom is -0.493 e. The van der Waals surface area contributed by atoms with E-state index in [1.165, 1.54) is 18.6 Å². The second kappa shape index (κ2) is 21.7. The second-order valence-corrected chi connectivity index (χ2v) is 15.1. The lowest BCUT2D eigenvalue weighted by molar-refractivity contribution is 0.0174. The summed E-state index contributed by atoms with van der Waals surface area (Å²) in [6, 6.07) is 19.6. The fraction of sp³-hybridized carbons (Fsp3) is 0.333. The fourth-order valence-corrected chi connectivity index (χ4v) is 7.35. The van der Waals surface area contributed by atoms with Crippen LogP contribution in [-0.2, 0) is 19.8 Å². The zero-order chi connectivity index (χ0) is 42.4. The maximum atomic E-state index is 10.2. The van der Waals surface area contributed by atoms with E-state index < -0.39 is 6.04 Å². The topological polar surface area (TPSA) is 158 Å². The number of pyridine rings is 2. The zero-order valence-corrected chi connectivity index (χ0v) is 34.6. The maximum Gasteiger partial charge on any atom is 0.208 e. The van der Waals surface area contributed by atoms with Crippen LogP contribution in [0.4, 0.5) is 5.69 Å². The molecule has 15 heteroatoms. The predicted octanol–water partition coefficient (Wildman–Crippen LogP) is 7.37. The summed E-state index contributed by atoms with van der Waals surface area (Å²) in [4.78, 5) is 15.5. The summed E-state index contributed by atoms with van der Waals surface area (Å²) in [6.45, 7) is 11.8. The molecular formula is C45H46Cl2N6O7. The van der Waals surface area contributed by atoms with E-state index in [4.69, 9.17) is 48.7 Å². The number of hydrogen-bond acceptors (Lipinski definition) is 12. The molecule has 2 aromatic heterocycles. The summed E-state index contributed by atoms with van der Waals surface area (Å²) >= 11 is 14.0. The normalized spacial score (nSPS) is 13.9. The zero-order valence-electron chi connectivity index (χ0n) is 33.1. The number of likely N-dealkylation sites (tertiary alicyclic amines) is 1. The highest BCUT2D eigenvalue weighted by molar-refractivity contribution is 6.34. The molecule has 0 unspecified atom stereocenters. The molecule has 0 saturated carbocycles. The van der Waals surface area contributed by atoms with Gasteiger partial charge in [-0.3, -0.25) is 14.9 Å². The van der Waals surface area contributed by atoms with Crippen LogP contribution in [0.2, 0.25) is 10.0 Å². The lowest BCUT2D eigenvalue weighted by Crippen LogP contribution is -2.42. The molecular weight excluding hydrogens is 807 g/mol. The van der Waals surface area contributed by atoms with Gasteiger partial charge < -0.3 is 39.2 Å². The highest BCUT2D eigenvalue weighted by Crippen LogP contribution is 2.39. The van der Waals surface area contributed by atoms with Crippen LogP contribution in [0.15, 0.2) is 85.5 Å². The number of nitriles is 1. The van der Waals surface area contributed by atoms with Gasteiger partial charge in [-0.25, -0.2) is 4.85 Å². The SMILES string of the molecule is [C-]#[N+]c1cncc(OCN(Cc2cc(Cl)c(OCc3cccc(-c4cccc(OCCCN5CC[C@@H](O)C5)c4C)c3Cl)cc2OCc2cncc(C#N)c2)C(CO)CO)c1. The van der Waals surface area contributed by atoms with Crippen LogP contribution in [0.1, 0.15) is 40.7 Å². The van der Waals surface area contributed by atoms with Crippen molar-refractivity contribution in [3.05, 3.63) is 135 Å². The van der Waals surface area contributed by atoms with Crippen LogP contribution in [0.5, 0.6) is 23.0 Å². The molecule has 312 valence electrons. The Morgan fingerprint density at radius 1 is 0.917 bits per heavy atom. The second-order valence-electron chi connectivity index (χ2n) is 14.3. The van der Waals surface area contributed by atoms with Gasteiger partial charge in [0.1, 0.15) is 49.0 Å². The minimum absolute atomic E-state index is 0.0597. The maximum absolute atomic E-state index is 10.2. The average Bonchev–Trinajstić information content (AvgIpc) is 3.69. The number of aliphatic hydroxyl groups is 3. The molecule has 0 radical (unpaired) electrons. The summed E-state index contributed by atoms with van der Waals surface area (Å²) in [6.07, 6.45) is 7.39. The van der Waals surface area contributed by atoms with Crippen LogP contribution >= 0.6 is 23.2 Å². The van der Waals surface area contributed by atoms with E-state index in [-0.39, 0.29) is 50.8 Å². The summed E-state index contributed by atoms with van der Waals surface area (Å²) in [7, 11) is 0. The number of ether oxygens (including phenoxy) is 4. The number of aliphatic hydroxyl groups excluding tert-OH is 3. The lowest BCUT2D eigenvalue weighted by Gasteiger charge is -2.30. The van der Waals surface area contributed by atoms with E-state index in [9.17, 15) is 20.6 Å². The first kappa shape index (κ1) is 44.1. The third-order valence-electron chi connectivity index (χ3n) is 10.1. The Balaban J connectivity index is 1.21. The first-order valence-corrected chi connectivity index (χ1v) is 20.2. The molecule has 0 amide bonds. The van der Waals surface area contributed by atoms with Gasteiger partial charge in [0.15, 0.2) is 0 Å². The largest absolute Gasteiger partial charge is 0.493 e. The quantitative estimate of drug-likeness (QED) is 0.0407. The van der Waals surface area contributed by atoms with Gasteiger partial charge >= 0.3 is 0 Å². The summed E-state index contributed by atoms with van der Waals surface area (Å²) < 4.78 is 24.8. The molecule has 60 heavy (non-hydrogen) atoms. The van der Waals surface area contributed by atoms with Crippen molar-refractivity contribution < 1.29 is 34.3 Å².